The molecule has 0 aliphatic rings. The van der Waals surface area contributed by atoms with Crippen molar-refractivity contribution in [3.8, 4) is 22.4 Å². The van der Waals surface area contributed by atoms with Crippen molar-refractivity contribution >= 4 is 6.29 Å². The standard InChI is InChI=1S/C17H14N2O/c1-19-16(12-20)11-17(18-19)15-9-7-14(8-10-15)13-5-3-2-4-6-13/h2-12H,1H3. The van der Waals surface area contributed by atoms with E-state index in [0.29, 0.717) is 5.69 Å². The molecule has 0 saturated heterocycles. The summed E-state index contributed by atoms with van der Waals surface area (Å²) in [5.41, 5.74) is 4.75. The third-order valence-corrected chi connectivity index (χ3v) is 3.32. The molecule has 0 radical (unpaired) electrons. The lowest BCUT2D eigenvalue weighted by Crippen LogP contribution is -1.95. The first-order valence-electron chi connectivity index (χ1n) is 6.43. The Labute approximate surface area is 117 Å². The van der Waals surface area contributed by atoms with Crippen LogP contribution in [0, 0.1) is 0 Å². The zero-order valence-corrected chi connectivity index (χ0v) is 11.2. The summed E-state index contributed by atoms with van der Waals surface area (Å²) in [7, 11) is 1.77. The van der Waals surface area contributed by atoms with E-state index in [-0.39, 0.29) is 0 Å². The molecule has 3 rings (SSSR count). The molecule has 0 spiro atoms. The maximum atomic E-state index is 10.9. The largest absolute Gasteiger partial charge is 0.296 e. The minimum absolute atomic E-state index is 0.576. The van der Waals surface area contributed by atoms with Crippen LogP contribution in [0.4, 0.5) is 0 Å². The minimum Gasteiger partial charge on any atom is -0.296 e. The SMILES string of the molecule is Cn1nc(-c2ccc(-c3ccccc3)cc2)cc1C=O. The smallest absolute Gasteiger partial charge is 0.168 e. The van der Waals surface area contributed by atoms with Crippen LogP contribution in [0.5, 0.6) is 0 Å². The average Bonchev–Trinajstić information content (AvgIpc) is 2.89. The number of carbonyl (C=O) groups excluding carboxylic acids is 1. The van der Waals surface area contributed by atoms with Crippen LogP contribution in [0.2, 0.25) is 0 Å². The van der Waals surface area contributed by atoms with Crippen LogP contribution in [-0.4, -0.2) is 16.1 Å². The highest BCUT2D eigenvalue weighted by atomic mass is 16.1. The Morgan fingerprint density at radius 2 is 1.50 bits per heavy atom. The number of aldehydes is 1. The van der Waals surface area contributed by atoms with E-state index in [1.54, 1.807) is 17.8 Å². The zero-order valence-electron chi connectivity index (χ0n) is 11.2. The van der Waals surface area contributed by atoms with E-state index >= 15 is 0 Å². The molecule has 0 aliphatic heterocycles. The molecule has 0 bridgehead atoms. The summed E-state index contributed by atoms with van der Waals surface area (Å²) in [5.74, 6) is 0. The van der Waals surface area contributed by atoms with Gasteiger partial charge in [-0.2, -0.15) is 5.10 Å². The molecule has 1 heterocycles. The highest BCUT2D eigenvalue weighted by molar-refractivity contribution is 5.76. The van der Waals surface area contributed by atoms with Crippen LogP contribution in [0.25, 0.3) is 22.4 Å². The van der Waals surface area contributed by atoms with Gasteiger partial charge in [-0.15, -0.1) is 0 Å². The van der Waals surface area contributed by atoms with Crippen LogP contribution < -0.4 is 0 Å². The first-order valence-corrected chi connectivity index (χ1v) is 6.43. The Morgan fingerprint density at radius 1 is 0.900 bits per heavy atom. The van der Waals surface area contributed by atoms with Crippen LogP contribution in [0.15, 0.2) is 60.7 Å². The van der Waals surface area contributed by atoms with E-state index in [1.165, 1.54) is 11.1 Å². The molecular weight excluding hydrogens is 248 g/mol. The Morgan fingerprint density at radius 3 is 2.10 bits per heavy atom. The predicted octanol–water partition coefficient (Wildman–Crippen LogP) is 3.57. The number of carbonyl (C=O) groups is 1. The number of aromatic nitrogens is 2. The molecule has 3 nitrogen and oxygen atoms in total. The van der Waals surface area contributed by atoms with Crippen LogP contribution in [0.1, 0.15) is 10.5 Å². The van der Waals surface area contributed by atoms with Crippen molar-refractivity contribution in [3.05, 3.63) is 66.4 Å². The topological polar surface area (TPSA) is 34.9 Å². The Kier molecular flexibility index (Phi) is 3.17. The average molecular weight is 262 g/mol. The second-order valence-corrected chi connectivity index (χ2v) is 4.64. The fourth-order valence-electron chi connectivity index (χ4n) is 2.20. The molecule has 0 unspecified atom stereocenters. The molecule has 0 N–H and O–H groups in total. The van der Waals surface area contributed by atoms with Crippen molar-refractivity contribution in [2.45, 2.75) is 0 Å². The van der Waals surface area contributed by atoms with E-state index in [2.05, 4.69) is 29.4 Å². The molecule has 0 atom stereocenters. The number of hydrogen-bond donors (Lipinski definition) is 0. The van der Waals surface area contributed by atoms with Gasteiger partial charge in [0, 0.05) is 12.6 Å². The van der Waals surface area contributed by atoms with Gasteiger partial charge >= 0.3 is 0 Å². The van der Waals surface area contributed by atoms with Gasteiger partial charge in [0.05, 0.1) is 5.69 Å². The van der Waals surface area contributed by atoms with E-state index in [0.717, 1.165) is 17.5 Å². The van der Waals surface area contributed by atoms with Crippen LogP contribution in [0.3, 0.4) is 0 Å². The van der Waals surface area contributed by atoms with Gasteiger partial charge in [0.1, 0.15) is 5.69 Å². The summed E-state index contributed by atoms with van der Waals surface area (Å²) >= 11 is 0. The molecule has 0 aliphatic carbocycles. The van der Waals surface area contributed by atoms with E-state index in [4.69, 9.17) is 0 Å². The van der Waals surface area contributed by atoms with Gasteiger partial charge in [-0.3, -0.25) is 9.48 Å². The maximum absolute atomic E-state index is 10.9. The first-order chi connectivity index (χ1) is 9.78. The Hall–Kier alpha value is -2.68. The summed E-state index contributed by atoms with van der Waals surface area (Å²) in [6.45, 7) is 0. The van der Waals surface area contributed by atoms with Crippen molar-refractivity contribution < 1.29 is 4.79 Å². The lowest BCUT2D eigenvalue weighted by Gasteiger charge is -2.02. The summed E-state index contributed by atoms with van der Waals surface area (Å²) in [6.07, 6.45) is 0.814. The molecular formula is C17H14N2O. The summed E-state index contributed by atoms with van der Waals surface area (Å²) in [4.78, 5) is 10.9. The third kappa shape index (κ3) is 2.26. The van der Waals surface area contributed by atoms with E-state index < -0.39 is 0 Å². The van der Waals surface area contributed by atoms with Gasteiger partial charge in [0.2, 0.25) is 0 Å². The monoisotopic (exact) mass is 262 g/mol. The molecule has 0 saturated carbocycles. The molecule has 2 aromatic carbocycles. The van der Waals surface area contributed by atoms with E-state index in [1.807, 2.05) is 30.3 Å². The van der Waals surface area contributed by atoms with Gasteiger partial charge in [-0.25, -0.2) is 0 Å². The van der Waals surface area contributed by atoms with Crippen molar-refractivity contribution in [2.24, 2.45) is 7.05 Å². The molecule has 3 aromatic rings. The van der Waals surface area contributed by atoms with Crippen molar-refractivity contribution in [1.82, 2.24) is 9.78 Å². The highest BCUT2D eigenvalue weighted by Gasteiger charge is 2.06. The second-order valence-electron chi connectivity index (χ2n) is 4.64. The van der Waals surface area contributed by atoms with Crippen molar-refractivity contribution in [3.63, 3.8) is 0 Å². The van der Waals surface area contributed by atoms with Crippen molar-refractivity contribution in [1.29, 1.82) is 0 Å². The molecule has 0 fully saturated rings. The first kappa shape index (κ1) is 12.4. The van der Waals surface area contributed by atoms with Crippen LogP contribution in [-0.2, 0) is 7.05 Å². The van der Waals surface area contributed by atoms with Gasteiger partial charge < -0.3 is 0 Å². The van der Waals surface area contributed by atoms with Gasteiger partial charge in [0.15, 0.2) is 6.29 Å². The van der Waals surface area contributed by atoms with Gasteiger partial charge in [-0.1, -0.05) is 54.6 Å². The number of hydrogen-bond acceptors (Lipinski definition) is 2. The predicted molar refractivity (Wildman–Crippen MR) is 79.5 cm³/mol. The Balaban J connectivity index is 1.95. The summed E-state index contributed by atoms with van der Waals surface area (Å²) < 4.78 is 1.59. The lowest BCUT2D eigenvalue weighted by molar-refractivity contribution is 0.111. The molecule has 20 heavy (non-hydrogen) atoms. The second kappa shape index (κ2) is 5.13. The van der Waals surface area contributed by atoms with Crippen LogP contribution >= 0.6 is 0 Å². The highest BCUT2D eigenvalue weighted by Crippen LogP contribution is 2.24. The number of aryl methyl sites for hydroxylation is 1. The maximum Gasteiger partial charge on any atom is 0.168 e. The molecule has 0 amide bonds. The fraction of sp³-hybridized carbons (Fsp3) is 0.0588. The molecule has 3 heteroatoms. The molecule has 98 valence electrons. The molecule has 1 aromatic heterocycles. The third-order valence-electron chi connectivity index (χ3n) is 3.32. The van der Waals surface area contributed by atoms with Gasteiger partial charge in [-0.05, 0) is 17.2 Å². The van der Waals surface area contributed by atoms with Gasteiger partial charge in [0.25, 0.3) is 0 Å². The Bertz CT molecular complexity index is 727. The van der Waals surface area contributed by atoms with Crippen molar-refractivity contribution in [2.75, 3.05) is 0 Å². The number of nitrogens with zero attached hydrogens (tertiary/aromatic N) is 2. The minimum atomic E-state index is 0.576. The normalized spacial score (nSPS) is 10.4. The fourth-order valence-corrected chi connectivity index (χ4v) is 2.20. The number of rotatable bonds is 3. The quantitative estimate of drug-likeness (QED) is 0.676. The summed E-state index contributed by atoms with van der Waals surface area (Å²) in [5, 5.41) is 4.34. The summed E-state index contributed by atoms with van der Waals surface area (Å²) in [6, 6.07) is 20.2. The van der Waals surface area contributed by atoms with E-state index in [9.17, 15) is 4.79 Å². The lowest BCUT2D eigenvalue weighted by atomic mass is 10.0. The number of benzene rings is 2. The zero-order chi connectivity index (χ0) is 13.9.